The molecule has 8 heteroatoms. The lowest BCUT2D eigenvalue weighted by Gasteiger charge is -2.12. The lowest BCUT2D eigenvalue weighted by atomic mass is 9.95. The maximum Gasteiger partial charge on any atom is 0.341 e. The molecule has 1 N–H and O–H groups in total. The first-order valence-corrected chi connectivity index (χ1v) is 14.2. The Morgan fingerprint density at radius 2 is 1.90 bits per heavy atom. The van der Waals surface area contributed by atoms with E-state index in [1.54, 1.807) is 13.0 Å². The third-order valence-electron chi connectivity index (χ3n) is 7.10. The average Bonchev–Trinajstić information content (AvgIpc) is 3.43. The van der Waals surface area contributed by atoms with Crippen LogP contribution in [0.4, 0.5) is 5.00 Å². The quantitative estimate of drug-likeness (QED) is 0.147. The lowest BCUT2D eigenvalue weighted by molar-refractivity contribution is -0.112. The average molecular weight is 558 g/mol. The van der Waals surface area contributed by atoms with Gasteiger partial charge in [0.25, 0.3) is 5.91 Å². The van der Waals surface area contributed by atoms with Crippen LogP contribution in [0.3, 0.4) is 0 Å². The second-order valence-electron chi connectivity index (χ2n) is 9.45. The van der Waals surface area contributed by atoms with E-state index >= 15 is 0 Å². The predicted octanol–water partition coefficient (Wildman–Crippen LogP) is 7.31. The van der Waals surface area contributed by atoms with Gasteiger partial charge in [-0.05, 0) is 68.9 Å². The van der Waals surface area contributed by atoms with Crippen molar-refractivity contribution in [3.05, 3.63) is 92.0 Å². The first-order valence-electron chi connectivity index (χ1n) is 13.0. The van der Waals surface area contributed by atoms with Crippen LogP contribution in [0.2, 0.25) is 5.02 Å². The fourth-order valence-electron chi connectivity index (χ4n) is 5.18. The van der Waals surface area contributed by atoms with Gasteiger partial charge in [0.1, 0.15) is 16.6 Å². The van der Waals surface area contributed by atoms with Gasteiger partial charge >= 0.3 is 5.97 Å². The minimum Gasteiger partial charge on any atom is -0.462 e. The number of fused-ring (bicyclic) bond motifs is 2. The number of benzene rings is 2. The number of carbonyl (C=O) groups excluding carboxylic acids is 2. The number of hydrogen-bond donors (Lipinski definition) is 1. The normalized spacial score (nSPS) is 13.1. The molecular formula is C31H28ClN3O3S. The maximum absolute atomic E-state index is 13.4. The third-order valence-corrected chi connectivity index (χ3v) is 8.67. The number of para-hydroxylation sites is 1. The molecule has 198 valence electrons. The molecule has 0 atom stereocenters. The number of nitrogens with zero attached hydrogens (tertiary/aromatic N) is 2. The molecule has 1 amide bonds. The van der Waals surface area contributed by atoms with Gasteiger partial charge in [-0.3, -0.25) is 4.79 Å². The van der Waals surface area contributed by atoms with Gasteiger partial charge in [0.15, 0.2) is 0 Å². The van der Waals surface area contributed by atoms with Crippen LogP contribution in [0.5, 0.6) is 0 Å². The zero-order valence-corrected chi connectivity index (χ0v) is 23.4. The highest BCUT2D eigenvalue weighted by Gasteiger charge is 2.28. The largest absolute Gasteiger partial charge is 0.462 e. The zero-order valence-electron chi connectivity index (χ0n) is 21.8. The van der Waals surface area contributed by atoms with Crippen molar-refractivity contribution < 1.29 is 14.3 Å². The van der Waals surface area contributed by atoms with Crippen LogP contribution in [0.25, 0.3) is 17.0 Å². The highest BCUT2D eigenvalue weighted by atomic mass is 35.5. The molecule has 1 aliphatic carbocycles. The summed E-state index contributed by atoms with van der Waals surface area (Å²) in [4.78, 5) is 27.3. The Hall–Kier alpha value is -3.86. The molecule has 0 bridgehead atoms. The third kappa shape index (κ3) is 5.23. The monoisotopic (exact) mass is 557 g/mol. The SMILES string of the molecule is CCOC(=O)c1c(NC(=O)/C(C#N)=C/c2c(C)n(Cc3ccccc3Cl)c3ccccc23)sc2c1CCCC2. The van der Waals surface area contributed by atoms with Crippen LogP contribution in [-0.4, -0.2) is 23.1 Å². The molecule has 6 nitrogen and oxygen atoms in total. The van der Waals surface area contributed by atoms with Gasteiger partial charge in [0.2, 0.25) is 0 Å². The number of esters is 1. The highest BCUT2D eigenvalue weighted by molar-refractivity contribution is 7.17. The molecule has 2 aromatic heterocycles. The molecule has 1 aliphatic rings. The van der Waals surface area contributed by atoms with Crippen molar-refractivity contribution in [2.75, 3.05) is 11.9 Å². The fraction of sp³-hybridized carbons (Fsp3) is 0.258. The molecule has 0 unspecified atom stereocenters. The summed E-state index contributed by atoms with van der Waals surface area (Å²) in [5, 5.41) is 14.9. The Bertz CT molecular complexity index is 1660. The van der Waals surface area contributed by atoms with Crippen LogP contribution < -0.4 is 5.32 Å². The first-order chi connectivity index (χ1) is 18.9. The minimum atomic E-state index is -0.552. The maximum atomic E-state index is 13.4. The number of aryl methyl sites for hydroxylation is 1. The van der Waals surface area contributed by atoms with Crippen LogP contribution in [0.15, 0.2) is 54.1 Å². The number of anilines is 1. The summed E-state index contributed by atoms with van der Waals surface area (Å²) >= 11 is 7.85. The number of nitrogens with one attached hydrogen (secondary N) is 1. The molecule has 2 heterocycles. The van der Waals surface area contributed by atoms with Crippen molar-refractivity contribution in [3.8, 4) is 6.07 Å². The second kappa shape index (κ2) is 11.5. The van der Waals surface area contributed by atoms with E-state index in [1.165, 1.54) is 11.3 Å². The van der Waals surface area contributed by atoms with Crippen molar-refractivity contribution in [3.63, 3.8) is 0 Å². The van der Waals surface area contributed by atoms with Crippen molar-refractivity contribution in [2.45, 2.75) is 46.1 Å². The van der Waals surface area contributed by atoms with E-state index in [2.05, 4.69) is 16.0 Å². The first kappa shape index (κ1) is 26.7. The standard InChI is InChI=1S/C31H28ClN3O3S/c1-3-38-31(37)28-23-12-6-9-15-27(23)39-30(28)34-29(36)21(17-33)16-24-19(2)35(26-14-8-5-11-22(24)26)18-20-10-4-7-13-25(20)32/h4-5,7-8,10-11,13-14,16H,3,6,9,12,15,18H2,1-2H3,(H,34,36)/b21-16+. The van der Waals surface area contributed by atoms with Gasteiger partial charge in [-0.1, -0.05) is 48.0 Å². The number of hydrogen-bond acceptors (Lipinski definition) is 5. The molecule has 0 saturated heterocycles. The van der Waals surface area contributed by atoms with E-state index in [1.807, 2.05) is 55.5 Å². The van der Waals surface area contributed by atoms with Crippen LogP contribution >= 0.6 is 22.9 Å². The van der Waals surface area contributed by atoms with Crippen LogP contribution in [-0.2, 0) is 28.9 Å². The van der Waals surface area contributed by atoms with Crippen molar-refractivity contribution in [1.82, 2.24) is 4.57 Å². The summed E-state index contributed by atoms with van der Waals surface area (Å²) in [7, 11) is 0. The van der Waals surface area contributed by atoms with Gasteiger partial charge < -0.3 is 14.6 Å². The number of halogens is 1. The summed E-state index contributed by atoms with van der Waals surface area (Å²) in [6.45, 7) is 4.53. The number of amides is 1. The van der Waals surface area contributed by atoms with Gasteiger partial charge in [0, 0.05) is 38.6 Å². The van der Waals surface area contributed by atoms with E-state index in [4.69, 9.17) is 16.3 Å². The second-order valence-corrected chi connectivity index (χ2v) is 11.0. The Morgan fingerprint density at radius 1 is 1.15 bits per heavy atom. The van der Waals surface area contributed by atoms with E-state index in [9.17, 15) is 14.9 Å². The van der Waals surface area contributed by atoms with Crippen LogP contribution in [0.1, 0.15) is 57.4 Å². The summed E-state index contributed by atoms with van der Waals surface area (Å²) in [5.74, 6) is -0.989. The molecule has 0 saturated carbocycles. The van der Waals surface area contributed by atoms with Gasteiger partial charge in [-0.2, -0.15) is 5.26 Å². The predicted molar refractivity (Wildman–Crippen MR) is 156 cm³/mol. The van der Waals surface area contributed by atoms with Crippen molar-refractivity contribution in [1.29, 1.82) is 5.26 Å². The van der Waals surface area contributed by atoms with Gasteiger partial charge in [-0.15, -0.1) is 11.3 Å². The number of ether oxygens (including phenoxy) is 1. The molecule has 0 spiro atoms. The summed E-state index contributed by atoms with van der Waals surface area (Å²) in [6.07, 6.45) is 5.32. The van der Waals surface area contributed by atoms with Gasteiger partial charge in [0.05, 0.1) is 12.2 Å². The lowest BCUT2D eigenvalue weighted by Crippen LogP contribution is -2.16. The van der Waals surface area contributed by atoms with E-state index in [0.717, 1.165) is 63.8 Å². The van der Waals surface area contributed by atoms with E-state index in [0.29, 0.717) is 22.1 Å². The number of carbonyl (C=O) groups is 2. The summed E-state index contributed by atoms with van der Waals surface area (Å²) in [6, 6.07) is 17.7. The number of aromatic nitrogens is 1. The molecule has 4 aromatic rings. The molecule has 5 rings (SSSR count). The Kier molecular flexibility index (Phi) is 7.87. The number of nitriles is 1. The summed E-state index contributed by atoms with van der Waals surface area (Å²) < 4.78 is 7.45. The number of thiophene rings is 1. The van der Waals surface area contributed by atoms with E-state index in [-0.39, 0.29) is 12.2 Å². The van der Waals surface area contributed by atoms with Crippen molar-refractivity contribution in [2.24, 2.45) is 0 Å². The summed E-state index contributed by atoms with van der Waals surface area (Å²) in [5.41, 5.74) is 5.01. The minimum absolute atomic E-state index is 0.0417. The van der Waals surface area contributed by atoms with Gasteiger partial charge in [-0.25, -0.2) is 4.79 Å². The Balaban J connectivity index is 1.52. The molecular weight excluding hydrogens is 530 g/mol. The van der Waals surface area contributed by atoms with E-state index < -0.39 is 11.9 Å². The topological polar surface area (TPSA) is 84.1 Å². The molecule has 39 heavy (non-hydrogen) atoms. The molecule has 2 aromatic carbocycles. The highest BCUT2D eigenvalue weighted by Crippen LogP contribution is 2.39. The van der Waals surface area contributed by atoms with Crippen LogP contribution in [0, 0.1) is 18.3 Å². The molecule has 0 radical (unpaired) electrons. The van der Waals surface area contributed by atoms with Crippen molar-refractivity contribution >= 4 is 56.8 Å². The number of rotatable bonds is 7. The Morgan fingerprint density at radius 3 is 2.67 bits per heavy atom. The molecule has 0 fully saturated rings. The smallest absolute Gasteiger partial charge is 0.341 e. The Labute approximate surface area is 236 Å². The zero-order chi connectivity index (χ0) is 27.5. The molecule has 0 aliphatic heterocycles. The fourth-order valence-corrected chi connectivity index (χ4v) is 6.65.